The van der Waals surface area contributed by atoms with Crippen molar-refractivity contribution in [1.82, 2.24) is 20.2 Å². The Morgan fingerprint density at radius 3 is 2.32 bits per heavy atom. The number of hydrogen-bond donors (Lipinski definition) is 2. The van der Waals surface area contributed by atoms with E-state index in [4.69, 9.17) is 5.73 Å². The van der Waals surface area contributed by atoms with Gasteiger partial charge in [0.25, 0.3) is 0 Å². The summed E-state index contributed by atoms with van der Waals surface area (Å²) in [7, 11) is 0. The van der Waals surface area contributed by atoms with Gasteiger partial charge in [0.15, 0.2) is 0 Å². The van der Waals surface area contributed by atoms with Crippen molar-refractivity contribution >= 4 is 11.5 Å². The van der Waals surface area contributed by atoms with Crippen LogP contribution in [0.5, 0.6) is 0 Å². The number of H-pyrrole nitrogens is 1. The van der Waals surface area contributed by atoms with Gasteiger partial charge in [0.05, 0.1) is 23.8 Å². The molecule has 0 amide bonds. The molecule has 6 heteroatoms. The summed E-state index contributed by atoms with van der Waals surface area (Å²) in [6, 6.07) is 1.95. The van der Waals surface area contributed by atoms with Crippen LogP contribution in [0.1, 0.15) is 51.0 Å². The number of nitrogen functional groups attached to an aromatic ring is 1. The minimum Gasteiger partial charge on any atom is -0.384 e. The number of nitrogens with zero attached hydrogens (tertiary/aromatic N) is 4. The van der Waals surface area contributed by atoms with E-state index in [0.29, 0.717) is 11.7 Å². The molecule has 1 aliphatic heterocycles. The monoisotopic (exact) mass is 300 g/mol. The van der Waals surface area contributed by atoms with Gasteiger partial charge in [-0.05, 0) is 12.8 Å². The van der Waals surface area contributed by atoms with Crippen LogP contribution in [0.2, 0.25) is 0 Å². The summed E-state index contributed by atoms with van der Waals surface area (Å²) in [6.07, 6.45) is 6.04. The first kappa shape index (κ1) is 14.8. The molecule has 2 aromatic heterocycles. The number of nitrogens with two attached hydrogens (primary N) is 1. The van der Waals surface area contributed by atoms with Gasteiger partial charge in [0.1, 0.15) is 11.6 Å². The first-order valence-corrected chi connectivity index (χ1v) is 7.82. The van der Waals surface area contributed by atoms with Crippen molar-refractivity contribution < 1.29 is 0 Å². The Kier molecular flexibility index (Phi) is 3.76. The van der Waals surface area contributed by atoms with E-state index in [2.05, 4.69) is 45.8 Å². The molecule has 3 N–H and O–H groups in total. The third kappa shape index (κ3) is 3.05. The minimum absolute atomic E-state index is 0.00853. The quantitative estimate of drug-likeness (QED) is 0.890. The summed E-state index contributed by atoms with van der Waals surface area (Å²) in [5.74, 6) is 2.02. The molecule has 1 aliphatic rings. The van der Waals surface area contributed by atoms with E-state index in [0.717, 1.165) is 43.1 Å². The van der Waals surface area contributed by atoms with Crippen LogP contribution in [0.4, 0.5) is 11.5 Å². The molecule has 0 saturated carbocycles. The lowest BCUT2D eigenvalue weighted by Crippen LogP contribution is -2.33. The summed E-state index contributed by atoms with van der Waals surface area (Å²) >= 11 is 0. The first-order chi connectivity index (χ1) is 10.4. The zero-order chi connectivity index (χ0) is 15.7. The zero-order valence-electron chi connectivity index (χ0n) is 13.5. The Labute approximate surface area is 131 Å². The van der Waals surface area contributed by atoms with Crippen molar-refractivity contribution in [3.8, 4) is 0 Å². The predicted molar refractivity (Wildman–Crippen MR) is 87.9 cm³/mol. The lowest BCUT2D eigenvalue weighted by atomic mass is 9.93. The molecule has 2 aromatic rings. The van der Waals surface area contributed by atoms with Gasteiger partial charge in [0.2, 0.25) is 0 Å². The SMILES string of the molecule is CC(C)(C)c1ncc(N2CCC(c3cc(N)[nH]n3)CC2)cn1. The zero-order valence-corrected chi connectivity index (χ0v) is 13.5. The number of anilines is 2. The van der Waals surface area contributed by atoms with Crippen molar-refractivity contribution in [2.24, 2.45) is 0 Å². The number of hydrogen-bond acceptors (Lipinski definition) is 5. The van der Waals surface area contributed by atoms with Crippen molar-refractivity contribution in [2.75, 3.05) is 23.7 Å². The second-order valence-corrected chi connectivity index (χ2v) is 7.02. The molecule has 0 aromatic carbocycles. The van der Waals surface area contributed by atoms with Crippen LogP contribution in [0.3, 0.4) is 0 Å². The molecule has 1 fully saturated rings. The van der Waals surface area contributed by atoms with Crippen molar-refractivity contribution in [3.63, 3.8) is 0 Å². The molecule has 0 unspecified atom stereocenters. The van der Waals surface area contributed by atoms with Crippen LogP contribution >= 0.6 is 0 Å². The highest BCUT2D eigenvalue weighted by molar-refractivity contribution is 5.43. The smallest absolute Gasteiger partial charge is 0.133 e. The van der Waals surface area contributed by atoms with Gasteiger partial charge in [-0.3, -0.25) is 5.10 Å². The second-order valence-electron chi connectivity index (χ2n) is 7.02. The number of piperidine rings is 1. The van der Waals surface area contributed by atoms with E-state index >= 15 is 0 Å². The Balaban J connectivity index is 1.64. The summed E-state index contributed by atoms with van der Waals surface area (Å²) in [4.78, 5) is 11.4. The Hall–Kier alpha value is -2.11. The van der Waals surface area contributed by atoms with Crippen molar-refractivity contribution in [2.45, 2.75) is 44.9 Å². The summed E-state index contributed by atoms with van der Waals surface area (Å²) in [6.45, 7) is 8.38. The normalized spacial score (nSPS) is 17.0. The van der Waals surface area contributed by atoms with E-state index in [1.165, 1.54) is 0 Å². The van der Waals surface area contributed by atoms with Crippen LogP contribution < -0.4 is 10.6 Å². The molecule has 3 rings (SSSR count). The standard InChI is InChI=1S/C16H24N6/c1-16(2,3)15-18-9-12(10-19-15)22-6-4-11(5-7-22)13-8-14(17)21-20-13/h8-11H,4-7H2,1-3H3,(H3,17,20,21). The average molecular weight is 300 g/mol. The van der Waals surface area contributed by atoms with Gasteiger partial charge < -0.3 is 10.6 Å². The maximum absolute atomic E-state index is 5.71. The van der Waals surface area contributed by atoms with Gasteiger partial charge in [-0.1, -0.05) is 20.8 Å². The summed E-state index contributed by atoms with van der Waals surface area (Å²) in [5.41, 5.74) is 7.88. The molecule has 0 spiro atoms. The predicted octanol–water partition coefficient (Wildman–Crippen LogP) is 2.46. The molecule has 0 atom stereocenters. The molecular formula is C16H24N6. The van der Waals surface area contributed by atoms with Gasteiger partial charge in [-0.25, -0.2) is 9.97 Å². The van der Waals surface area contributed by atoms with E-state index in [1.54, 1.807) is 0 Å². The van der Waals surface area contributed by atoms with Crippen LogP contribution in [-0.2, 0) is 5.41 Å². The van der Waals surface area contributed by atoms with Gasteiger partial charge in [-0.15, -0.1) is 0 Å². The van der Waals surface area contributed by atoms with E-state index in [-0.39, 0.29) is 5.41 Å². The molecule has 0 radical (unpaired) electrons. The number of nitrogens with one attached hydrogen (secondary N) is 1. The lowest BCUT2D eigenvalue weighted by molar-refractivity contribution is 0.493. The highest BCUT2D eigenvalue weighted by Gasteiger charge is 2.23. The number of rotatable bonds is 2. The number of aromatic amines is 1. The molecule has 22 heavy (non-hydrogen) atoms. The maximum atomic E-state index is 5.71. The topological polar surface area (TPSA) is 83.7 Å². The fourth-order valence-electron chi connectivity index (χ4n) is 2.87. The molecule has 6 nitrogen and oxygen atoms in total. The third-order valence-electron chi connectivity index (χ3n) is 4.20. The first-order valence-electron chi connectivity index (χ1n) is 7.82. The summed E-state index contributed by atoms with van der Waals surface area (Å²) < 4.78 is 0. The minimum atomic E-state index is -0.00853. The van der Waals surface area contributed by atoms with Gasteiger partial charge in [0, 0.05) is 30.5 Å². The second kappa shape index (κ2) is 5.59. The number of aromatic nitrogens is 4. The maximum Gasteiger partial charge on any atom is 0.133 e. The van der Waals surface area contributed by atoms with Gasteiger partial charge >= 0.3 is 0 Å². The highest BCUT2D eigenvalue weighted by atomic mass is 15.2. The molecule has 118 valence electrons. The Morgan fingerprint density at radius 1 is 1.18 bits per heavy atom. The van der Waals surface area contributed by atoms with E-state index in [1.807, 2.05) is 18.5 Å². The molecule has 0 aliphatic carbocycles. The van der Waals surface area contributed by atoms with Crippen molar-refractivity contribution in [3.05, 3.63) is 30.0 Å². The third-order valence-corrected chi connectivity index (χ3v) is 4.20. The van der Waals surface area contributed by atoms with E-state index < -0.39 is 0 Å². The molecule has 1 saturated heterocycles. The van der Waals surface area contributed by atoms with Gasteiger partial charge in [-0.2, -0.15) is 5.10 Å². The van der Waals surface area contributed by atoms with Crippen LogP contribution in [0.25, 0.3) is 0 Å². The van der Waals surface area contributed by atoms with Crippen LogP contribution in [0.15, 0.2) is 18.5 Å². The molecular weight excluding hydrogens is 276 g/mol. The molecule has 3 heterocycles. The Morgan fingerprint density at radius 2 is 1.82 bits per heavy atom. The fourth-order valence-corrected chi connectivity index (χ4v) is 2.87. The average Bonchev–Trinajstić information content (AvgIpc) is 2.93. The summed E-state index contributed by atoms with van der Waals surface area (Å²) in [5, 5.41) is 7.11. The van der Waals surface area contributed by atoms with Crippen LogP contribution in [0, 0.1) is 0 Å². The van der Waals surface area contributed by atoms with Crippen LogP contribution in [-0.4, -0.2) is 33.3 Å². The lowest BCUT2D eigenvalue weighted by Gasteiger charge is -2.32. The highest BCUT2D eigenvalue weighted by Crippen LogP contribution is 2.30. The fraction of sp³-hybridized carbons (Fsp3) is 0.562. The largest absolute Gasteiger partial charge is 0.384 e. The molecule has 0 bridgehead atoms. The van der Waals surface area contributed by atoms with E-state index in [9.17, 15) is 0 Å². The Bertz CT molecular complexity index is 617. The van der Waals surface area contributed by atoms with Crippen molar-refractivity contribution in [1.29, 1.82) is 0 Å².